The van der Waals surface area contributed by atoms with E-state index in [2.05, 4.69) is 40.4 Å². The van der Waals surface area contributed by atoms with Crippen LogP contribution in [0.4, 0.5) is 0 Å². The Bertz CT molecular complexity index is 733. The maximum absolute atomic E-state index is 8.98. The monoisotopic (exact) mass is 267 g/mol. The molecular formula is C16H17N3O. The van der Waals surface area contributed by atoms with E-state index in [0.717, 1.165) is 17.2 Å². The molecule has 0 radical (unpaired) electrons. The summed E-state index contributed by atoms with van der Waals surface area (Å²) in [5.74, 6) is 1.62. The Morgan fingerprint density at radius 2 is 1.90 bits per heavy atom. The van der Waals surface area contributed by atoms with Crippen molar-refractivity contribution in [2.75, 3.05) is 6.61 Å². The lowest BCUT2D eigenvalue weighted by Crippen LogP contribution is -2.04. The number of nitrogens with zero attached hydrogens (tertiary/aromatic N) is 3. The number of benzene rings is 2. The molecule has 1 N–H and O–H groups in total. The predicted molar refractivity (Wildman–Crippen MR) is 79.4 cm³/mol. The zero-order valence-corrected chi connectivity index (χ0v) is 11.5. The number of hydrogen-bond donors (Lipinski definition) is 1. The lowest BCUT2D eigenvalue weighted by Gasteiger charge is -2.06. The Balaban J connectivity index is 2.05. The number of fused-ring (bicyclic) bond motifs is 1. The number of rotatable bonds is 4. The fourth-order valence-electron chi connectivity index (χ4n) is 2.37. The second-order valence-corrected chi connectivity index (χ2v) is 4.84. The maximum atomic E-state index is 8.98. The Labute approximate surface area is 117 Å². The number of aliphatic hydroxyl groups is 1. The molecule has 0 aliphatic rings. The minimum atomic E-state index is 0.163. The van der Waals surface area contributed by atoms with Gasteiger partial charge in [0.25, 0.3) is 0 Å². The van der Waals surface area contributed by atoms with Crippen LogP contribution in [-0.2, 0) is 6.54 Å². The summed E-state index contributed by atoms with van der Waals surface area (Å²) in [5, 5.41) is 15.8. The van der Waals surface area contributed by atoms with Crippen LogP contribution in [-0.4, -0.2) is 26.5 Å². The van der Waals surface area contributed by atoms with E-state index < -0.39 is 0 Å². The summed E-state index contributed by atoms with van der Waals surface area (Å²) in [6.07, 6.45) is 0.684. The standard InChI is InChI=1S/C16H17N3O/c1-12-17-16(19(18-12)9-4-10-20)15-8-7-13-5-2-3-6-14(13)11-15/h2-3,5-8,11,20H,4,9-10H2,1H3. The second kappa shape index (κ2) is 5.43. The first-order chi connectivity index (χ1) is 9.78. The molecule has 20 heavy (non-hydrogen) atoms. The molecule has 1 aromatic heterocycles. The third-order valence-corrected chi connectivity index (χ3v) is 3.31. The highest BCUT2D eigenvalue weighted by Crippen LogP contribution is 2.23. The summed E-state index contributed by atoms with van der Waals surface area (Å²) in [4.78, 5) is 4.51. The van der Waals surface area contributed by atoms with E-state index in [1.165, 1.54) is 10.8 Å². The number of hydrogen-bond acceptors (Lipinski definition) is 3. The van der Waals surface area contributed by atoms with Gasteiger partial charge in [-0.05, 0) is 30.2 Å². The number of aliphatic hydroxyl groups excluding tert-OH is 1. The molecule has 0 amide bonds. The first kappa shape index (κ1) is 12.8. The number of aromatic nitrogens is 3. The maximum Gasteiger partial charge on any atom is 0.158 e. The van der Waals surface area contributed by atoms with Crippen molar-refractivity contribution in [1.29, 1.82) is 0 Å². The quantitative estimate of drug-likeness (QED) is 0.790. The van der Waals surface area contributed by atoms with Crippen molar-refractivity contribution in [3.8, 4) is 11.4 Å². The second-order valence-electron chi connectivity index (χ2n) is 4.84. The van der Waals surface area contributed by atoms with Gasteiger partial charge >= 0.3 is 0 Å². The normalized spacial score (nSPS) is 11.1. The van der Waals surface area contributed by atoms with Gasteiger partial charge in [0.2, 0.25) is 0 Å². The van der Waals surface area contributed by atoms with E-state index in [1.54, 1.807) is 0 Å². The molecule has 0 aliphatic carbocycles. The van der Waals surface area contributed by atoms with Crippen molar-refractivity contribution < 1.29 is 5.11 Å². The molecule has 1 heterocycles. The Kier molecular flexibility index (Phi) is 3.48. The molecule has 3 aromatic rings. The van der Waals surface area contributed by atoms with Gasteiger partial charge in [-0.2, -0.15) is 5.10 Å². The fraction of sp³-hybridized carbons (Fsp3) is 0.250. The zero-order valence-electron chi connectivity index (χ0n) is 11.5. The highest BCUT2D eigenvalue weighted by atomic mass is 16.3. The zero-order chi connectivity index (χ0) is 13.9. The van der Waals surface area contributed by atoms with Crippen LogP contribution in [0, 0.1) is 6.92 Å². The van der Waals surface area contributed by atoms with Crippen LogP contribution >= 0.6 is 0 Å². The third kappa shape index (κ3) is 2.42. The first-order valence-corrected chi connectivity index (χ1v) is 6.79. The van der Waals surface area contributed by atoms with Gasteiger partial charge in [0.05, 0.1) is 0 Å². The van der Waals surface area contributed by atoms with Gasteiger partial charge in [-0.3, -0.25) is 0 Å². The lowest BCUT2D eigenvalue weighted by molar-refractivity contribution is 0.277. The van der Waals surface area contributed by atoms with Crippen LogP contribution in [0.15, 0.2) is 42.5 Å². The molecule has 3 rings (SSSR count). The molecule has 0 aliphatic heterocycles. The van der Waals surface area contributed by atoms with Crippen LogP contribution < -0.4 is 0 Å². The molecule has 4 nitrogen and oxygen atoms in total. The molecule has 0 atom stereocenters. The molecule has 0 saturated carbocycles. The van der Waals surface area contributed by atoms with Crippen LogP contribution in [0.2, 0.25) is 0 Å². The summed E-state index contributed by atoms with van der Waals surface area (Å²) >= 11 is 0. The molecular weight excluding hydrogens is 250 g/mol. The van der Waals surface area contributed by atoms with Gasteiger partial charge in [0.15, 0.2) is 5.82 Å². The third-order valence-electron chi connectivity index (χ3n) is 3.31. The van der Waals surface area contributed by atoms with E-state index >= 15 is 0 Å². The molecule has 0 fully saturated rings. The molecule has 102 valence electrons. The van der Waals surface area contributed by atoms with Gasteiger partial charge in [0.1, 0.15) is 5.82 Å². The molecule has 2 aromatic carbocycles. The summed E-state index contributed by atoms with van der Waals surface area (Å²) in [5.41, 5.74) is 1.06. The van der Waals surface area contributed by atoms with E-state index in [1.807, 2.05) is 23.7 Å². The highest BCUT2D eigenvalue weighted by Gasteiger charge is 2.10. The summed E-state index contributed by atoms with van der Waals surface area (Å²) in [6, 6.07) is 14.6. The molecule has 4 heteroatoms. The van der Waals surface area contributed by atoms with Crippen molar-refractivity contribution in [1.82, 2.24) is 14.8 Å². The van der Waals surface area contributed by atoms with Gasteiger partial charge in [-0.15, -0.1) is 0 Å². The molecule has 0 bridgehead atoms. The van der Waals surface area contributed by atoms with Crippen LogP contribution in [0.1, 0.15) is 12.2 Å². The minimum absolute atomic E-state index is 0.163. The topological polar surface area (TPSA) is 50.9 Å². The van der Waals surface area contributed by atoms with Crippen molar-refractivity contribution in [3.63, 3.8) is 0 Å². The van der Waals surface area contributed by atoms with Gasteiger partial charge in [-0.25, -0.2) is 9.67 Å². The van der Waals surface area contributed by atoms with E-state index in [0.29, 0.717) is 13.0 Å². The first-order valence-electron chi connectivity index (χ1n) is 6.79. The highest BCUT2D eigenvalue weighted by molar-refractivity contribution is 5.86. The van der Waals surface area contributed by atoms with E-state index in [-0.39, 0.29) is 6.61 Å². The summed E-state index contributed by atoms with van der Waals surface area (Å²) in [6.45, 7) is 2.73. The Morgan fingerprint density at radius 1 is 1.10 bits per heavy atom. The average Bonchev–Trinajstić information content (AvgIpc) is 2.85. The fourth-order valence-corrected chi connectivity index (χ4v) is 2.37. The molecule has 0 saturated heterocycles. The van der Waals surface area contributed by atoms with Gasteiger partial charge in [-0.1, -0.05) is 36.4 Å². The van der Waals surface area contributed by atoms with Crippen LogP contribution in [0.25, 0.3) is 22.2 Å². The molecule has 0 spiro atoms. The van der Waals surface area contributed by atoms with Gasteiger partial charge in [0, 0.05) is 18.7 Å². The van der Waals surface area contributed by atoms with Crippen molar-refractivity contribution in [2.45, 2.75) is 19.9 Å². The number of aryl methyl sites for hydroxylation is 2. The van der Waals surface area contributed by atoms with Crippen molar-refractivity contribution in [3.05, 3.63) is 48.3 Å². The lowest BCUT2D eigenvalue weighted by atomic mass is 10.1. The minimum Gasteiger partial charge on any atom is -0.396 e. The summed E-state index contributed by atoms with van der Waals surface area (Å²) in [7, 11) is 0. The van der Waals surface area contributed by atoms with Gasteiger partial charge < -0.3 is 5.11 Å². The average molecular weight is 267 g/mol. The largest absolute Gasteiger partial charge is 0.396 e. The van der Waals surface area contributed by atoms with E-state index in [9.17, 15) is 0 Å². The smallest absolute Gasteiger partial charge is 0.158 e. The van der Waals surface area contributed by atoms with E-state index in [4.69, 9.17) is 5.11 Å². The molecule has 0 unspecified atom stereocenters. The summed E-state index contributed by atoms with van der Waals surface area (Å²) < 4.78 is 1.87. The van der Waals surface area contributed by atoms with Crippen molar-refractivity contribution >= 4 is 10.8 Å². The van der Waals surface area contributed by atoms with Crippen molar-refractivity contribution in [2.24, 2.45) is 0 Å². The Morgan fingerprint density at radius 3 is 2.70 bits per heavy atom. The predicted octanol–water partition coefficient (Wildman–Crippen LogP) is 2.79. The Hall–Kier alpha value is -2.20. The van der Waals surface area contributed by atoms with Crippen LogP contribution in [0.5, 0.6) is 0 Å². The van der Waals surface area contributed by atoms with Crippen LogP contribution in [0.3, 0.4) is 0 Å². The SMILES string of the molecule is Cc1nc(-c2ccc3ccccc3c2)n(CCCO)n1.